The smallest absolute Gasteiger partial charge is 0.0490 e. The van der Waals surface area contributed by atoms with E-state index in [0.29, 0.717) is 6.61 Å². The van der Waals surface area contributed by atoms with Crippen molar-refractivity contribution in [2.75, 3.05) is 6.61 Å². The molecule has 1 aromatic rings. The second-order valence-electron chi connectivity index (χ2n) is 4.75. The van der Waals surface area contributed by atoms with Crippen molar-refractivity contribution in [1.82, 2.24) is 0 Å². The third kappa shape index (κ3) is 1.98. The van der Waals surface area contributed by atoms with Gasteiger partial charge in [0, 0.05) is 6.61 Å². The SMILES string of the molecule is C[C@](CO)(Cc1ccccc1)C1CC1. The average molecular weight is 190 g/mol. The Morgan fingerprint density at radius 3 is 2.43 bits per heavy atom. The zero-order valence-electron chi connectivity index (χ0n) is 8.74. The maximum absolute atomic E-state index is 9.46. The molecule has 0 aromatic heterocycles. The van der Waals surface area contributed by atoms with Crippen LogP contribution in [0.3, 0.4) is 0 Å². The van der Waals surface area contributed by atoms with Gasteiger partial charge in [-0.25, -0.2) is 0 Å². The Bertz CT molecular complexity index is 289. The zero-order chi connectivity index (χ0) is 10.0. The Hall–Kier alpha value is -0.820. The molecule has 0 radical (unpaired) electrons. The molecule has 14 heavy (non-hydrogen) atoms. The predicted octanol–water partition coefficient (Wildman–Crippen LogP) is 2.64. The van der Waals surface area contributed by atoms with Gasteiger partial charge in [-0.05, 0) is 36.2 Å². The summed E-state index contributed by atoms with van der Waals surface area (Å²) in [6.45, 7) is 2.52. The van der Waals surface area contributed by atoms with Gasteiger partial charge in [-0.15, -0.1) is 0 Å². The molecule has 0 amide bonds. The average Bonchev–Trinajstić information content (AvgIpc) is 3.03. The molecule has 0 aliphatic heterocycles. The van der Waals surface area contributed by atoms with Crippen LogP contribution < -0.4 is 0 Å². The second kappa shape index (κ2) is 3.74. The summed E-state index contributed by atoms with van der Waals surface area (Å²) in [5.74, 6) is 0.743. The lowest BCUT2D eigenvalue weighted by Crippen LogP contribution is -2.26. The summed E-state index contributed by atoms with van der Waals surface area (Å²) in [6.07, 6.45) is 3.60. The van der Waals surface area contributed by atoms with Crippen LogP contribution in [-0.2, 0) is 6.42 Å². The fraction of sp³-hybridized carbons (Fsp3) is 0.538. The largest absolute Gasteiger partial charge is 0.396 e. The third-order valence-electron chi connectivity index (χ3n) is 3.37. The number of aliphatic hydroxyl groups is 1. The molecule has 1 nitrogen and oxygen atoms in total. The highest BCUT2D eigenvalue weighted by Gasteiger charge is 2.40. The third-order valence-corrected chi connectivity index (χ3v) is 3.37. The highest BCUT2D eigenvalue weighted by Crippen LogP contribution is 2.46. The van der Waals surface area contributed by atoms with E-state index in [1.54, 1.807) is 0 Å². The van der Waals surface area contributed by atoms with Crippen molar-refractivity contribution in [2.45, 2.75) is 26.2 Å². The molecule has 1 aromatic carbocycles. The summed E-state index contributed by atoms with van der Waals surface area (Å²) in [7, 11) is 0. The van der Waals surface area contributed by atoms with Gasteiger partial charge in [-0.1, -0.05) is 37.3 Å². The zero-order valence-corrected chi connectivity index (χ0v) is 8.74. The maximum Gasteiger partial charge on any atom is 0.0490 e. The number of hydrogen-bond acceptors (Lipinski definition) is 1. The normalized spacial score (nSPS) is 20.4. The van der Waals surface area contributed by atoms with Gasteiger partial charge in [-0.3, -0.25) is 0 Å². The molecule has 0 heterocycles. The summed E-state index contributed by atoms with van der Waals surface area (Å²) in [6, 6.07) is 10.5. The van der Waals surface area contributed by atoms with E-state index < -0.39 is 0 Å². The van der Waals surface area contributed by atoms with Gasteiger partial charge in [0.2, 0.25) is 0 Å². The molecule has 1 aliphatic carbocycles. The molecular formula is C13H18O. The second-order valence-corrected chi connectivity index (χ2v) is 4.75. The van der Waals surface area contributed by atoms with Gasteiger partial charge in [-0.2, -0.15) is 0 Å². The predicted molar refractivity (Wildman–Crippen MR) is 58.1 cm³/mol. The fourth-order valence-corrected chi connectivity index (χ4v) is 2.17. The van der Waals surface area contributed by atoms with Crippen molar-refractivity contribution in [3.05, 3.63) is 35.9 Å². The minimum Gasteiger partial charge on any atom is -0.396 e. The van der Waals surface area contributed by atoms with E-state index >= 15 is 0 Å². The van der Waals surface area contributed by atoms with Crippen molar-refractivity contribution in [3.8, 4) is 0 Å². The first kappa shape index (κ1) is 9.72. The van der Waals surface area contributed by atoms with Gasteiger partial charge < -0.3 is 5.11 Å². The van der Waals surface area contributed by atoms with E-state index in [2.05, 4.69) is 31.2 Å². The molecule has 0 unspecified atom stereocenters. The number of benzene rings is 1. The van der Waals surface area contributed by atoms with Gasteiger partial charge in [0.05, 0.1) is 0 Å². The molecule has 1 aliphatic rings. The van der Waals surface area contributed by atoms with Crippen LogP contribution in [0, 0.1) is 11.3 Å². The van der Waals surface area contributed by atoms with E-state index in [4.69, 9.17) is 0 Å². The molecule has 1 heteroatoms. The Labute approximate surface area is 85.8 Å². The van der Waals surface area contributed by atoms with Crippen LogP contribution in [0.25, 0.3) is 0 Å². The highest BCUT2D eigenvalue weighted by atomic mass is 16.3. The summed E-state index contributed by atoms with van der Waals surface area (Å²) < 4.78 is 0. The fourth-order valence-electron chi connectivity index (χ4n) is 2.17. The van der Waals surface area contributed by atoms with Crippen LogP contribution in [0.1, 0.15) is 25.3 Å². The van der Waals surface area contributed by atoms with Crippen LogP contribution in [0.15, 0.2) is 30.3 Å². The Kier molecular flexibility index (Phi) is 2.60. The monoisotopic (exact) mass is 190 g/mol. The minimum atomic E-state index is 0.112. The molecule has 1 atom stereocenters. The van der Waals surface area contributed by atoms with Crippen LogP contribution in [-0.4, -0.2) is 11.7 Å². The van der Waals surface area contributed by atoms with E-state index in [-0.39, 0.29) is 5.41 Å². The van der Waals surface area contributed by atoms with Crippen LogP contribution in [0.5, 0.6) is 0 Å². The van der Waals surface area contributed by atoms with E-state index in [0.717, 1.165) is 12.3 Å². The molecule has 0 saturated heterocycles. The first-order valence-electron chi connectivity index (χ1n) is 5.39. The summed E-state index contributed by atoms with van der Waals surface area (Å²) >= 11 is 0. The number of aliphatic hydroxyl groups excluding tert-OH is 1. The summed E-state index contributed by atoms with van der Waals surface area (Å²) in [5.41, 5.74) is 1.46. The topological polar surface area (TPSA) is 20.2 Å². The first-order valence-corrected chi connectivity index (χ1v) is 5.39. The highest BCUT2D eigenvalue weighted by molar-refractivity contribution is 5.17. The molecule has 76 valence electrons. The summed E-state index contributed by atoms with van der Waals surface area (Å²) in [4.78, 5) is 0. The van der Waals surface area contributed by atoms with Crippen molar-refractivity contribution < 1.29 is 5.11 Å². The standard InChI is InChI=1S/C13H18O/c1-13(10-14,12-7-8-12)9-11-5-3-2-4-6-11/h2-6,12,14H,7-10H2,1H3/t13-/m1/s1. The van der Waals surface area contributed by atoms with Gasteiger partial charge in [0.25, 0.3) is 0 Å². The van der Waals surface area contributed by atoms with E-state index in [9.17, 15) is 5.11 Å². The Balaban J connectivity index is 2.08. The van der Waals surface area contributed by atoms with Crippen LogP contribution in [0.4, 0.5) is 0 Å². The van der Waals surface area contributed by atoms with Crippen molar-refractivity contribution in [1.29, 1.82) is 0 Å². The Morgan fingerprint density at radius 2 is 1.93 bits per heavy atom. The lowest BCUT2D eigenvalue weighted by atomic mass is 9.80. The maximum atomic E-state index is 9.46. The summed E-state index contributed by atoms with van der Waals surface area (Å²) in [5, 5.41) is 9.46. The molecule has 2 rings (SSSR count). The lowest BCUT2D eigenvalue weighted by molar-refractivity contribution is 0.119. The quantitative estimate of drug-likeness (QED) is 0.774. The van der Waals surface area contributed by atoms with Gasteiger partial charge >= 0.3 is 0 Å². The first-order chi connectivity index (χ1) is 6.74. The van der Waals surface area contributed by atoms with Crippen molar-refractivity contribution in [3.63, 3.8) is 0 Å². The molecule has 0 bridgehead atoms. The van der Waals surface area contributed by atoms with E-state index in [1.807, 2.05) is 6.07 Å². The van der Waals surface area contributed by atoms with Gasteiger partial charge in [0.15, 0.2) is 0 Å². The van der Waals surface area contributed by atoms with Crippen molar-refractivity contribution >= 4 is 0 Å². The van der Waals surface area contributed by atoms with Crippen LogP contribution in [0.2, 0.25) is 0 Å². The number of hydrogen-bond donors (Lipinski definition) is 1. The van der Waals surface area contributed by atoms with Gasteiger partial charge in [0.1, 0.15) is 0 Å². The van der Waals surface area contributed by atoms with Crippen LogP contribution >= 0.6 is 0 Å². The molecule has 1 fully saturated rings. The molecular weight excluding hydrogens is 172 g/mol. The molecule has 1 N–H and O–H groups in total. The lowest BCUT2D eigenvalue weighted by Gasteiger charge is -2.27. The molecule has 0 spiro atoms. The number of rotatable bonds is 4. The minimum absolute atomic E-state index is 0.112. The molecule has 1 saturated carbocycles. The Morgan fingerprint density at radius 1 is 1.29 bits per heavy atom. The van der Waals surface area contributed by atoms with Crippen molar-refractivity contribution in [2.24, 2.45) is 11.3 Å². The van der Waals surface area contributed by atoms with E-state index in [1.165, 1.54) is 18.4 Å².